The minimum Gasteiger partial charge on any atom is -0.383 e. The van der Waals surface area contributed by atoms with Crippen LogP contribution in [0.15, 0.2) is 88.8 Å². The van der Waals surface area contributed by atoms with E-state index in [1.165, 1.54) is 0 Å². The van der Waals surface area contributed by atoms with Gasteiger partial charge in [0.25, 0.3) is 0 Å². The van der Waals surface area contributed by atoms with E-state index in [1.807, 2.05) is 66.7 Å². The van der Waals surface area contributed by atoms with E-state index in [9.17, 15) is 0 Å². The Morgan fingerprint density at radius 1 is 0.583 bits per heavy atom. The first-order valence-corrected chi connectivity index (χ1v) is 7.48. The number of amidine groups is 2. The summed E-state index contributed by atoms with van der Waals surface area (Å²) in [4.78, 5) is 13.1. The highest BCUT2D eigenvalue weighted by atomic mass is 15.0. The van der Waals surface area contributed by atoms with Crippen molar-refractivity contribution >= 4 is 23.3 Å². The highest BCUT2D eigenvalue weighted by Crippen LogP contribution is 2.16. The first-order valence-electron chi connectivity index (χ1n) is 7.48. The second-order valence-electron chi connectivity index (χ2n) is 5.08. The van der Waals surface area contributed by atoms with Gasteiger partial charge in [0.2, 0.25) is 0 Å². The lowest BCUT2D eigenvalue weighted by Gasteiger charge is -2.02. The predicted octanol–water partition coefficient (Wildman–Crippen LogP) is 3.16. The summed E-state index contributed by atoms with van der Waals surface area (Å²) in [6.07, 6.45) is 0. The first kappa shape index (κ1) is 15.4. The average Bonchev–Trinajstić information content (AvgIpc) is 2.63. The van der Waals surface area contributed by atoms with Crippen molar-refractivity contribution in [2.45, 2.75) is 0 Å². The molecule has 0 aliphatic rings. The third-order valence-corrected chi connectivity index (χ3v) is 3.33. The largest absolute Gasteiger partial charge is 0.383 e. The molecule has 2 aromatic carbocycles. The summed E-state index contributed by atoms with van der Waals surface area (Å²) in [5, 5.41) is 0. The Labute approximate surface area is 140 Å². The van der Waals surface area contributed by atoms with Crippen molar-refractivity contribution in [2.75, 3.05) is 0 Å². The molecule has 0 saturated heterocycles. The van der Waals surface area contributed by atoms with E-state index in [0.29, 0.717) is 23.3 Å². The fourth-order valence-corrected chi connectivity index (χ4v) is 2.13. The molecule has 5 heteroatoms. The van der Waals surface area contributed by atoms with Gasteiger partial charge in [0, 0.05) is 11.1 Å². The van der Waals surface area contributed by atoms with Crippen LogP contribution in [0, 0.1) is 0 Å². The molecule has 24 heavy (non-hydrogen) atoms. The molecule has 0 spiro atoms. The van der Waals surface area contributed by atoms with Gasteiger partial charge in [0.05, 0.1) is 0 Å². The van der Waals surface area contributed by atoms with E-state index in [2.05, 4.69) is 15.0 Å². The summed E-state index contributed by atoms with van der Waals surface area (Å²) in [6, 6.07) is 24.4. The third kappa shape index (κ3) is 3.84. The molecule has 1 heterocycles. The Hall–Kier alpha value is -3.47. The molecular weight excluding hydrogens is 298 g/mol. The Balaban J connectivity index is 1.87. The van der Waals surface area contributed by atoms with E-state index in [1.54, 1.807) is 12.1 Å². The summed E-state index contributed by atoms with van der Waals surface area (Å²) in [5.74, 6) is 1.78. The maximum absolute atomic E-state index is 6.02. The maximum atomic E-state index is 6.02. The van der Waals surface area contributed by atoms with Crippen molar-refractivity contribution in [1.82, 2.24) is 4.98 Å². The molecule has 4 N–H and O–H groups in total. The number of rotatable bonds is 4. The molecule has 0 amide bonds. The van der Waals surface area contributed by atoms with Crippen LogP contribution >= 0.6 is 0 Å². The summed E-state index contributed by atoms with van der Waals surface area (Å²) in [5.41, 5.74) is 13.7. The summed E-state index contributed by atoms with van der Waals surface area (Å²) in [6.45, 7) is 0. The first-order chi connectivity index (χ1) is 11.7. The Morgan fingerprint density at radius 3 is 1.42 bits per heavy atom. The second-order valence-corrected chi connectivity index (χ2v) is 5.08. The summed E-state index contributed by atoms with van der Waals surface area (Å²) >= 11 is 0. The molecule has 0 saturated carbocycles. The quantitative estimate of drug-likeness (QED) is 0.572. The maximum Gasteiger partial charge on any atom is 0.156 e. The SMILES string of the molecule is NC(=Nc1cccc(/N=C(\N)c2ccccc2)n1)c1ccccc1. The molecule has 5 nitrogen and oxygen atoms in total. The monoisotopic (exact) mass is 315 g/mol. The smallest absolute Gasteiger partial charge is 0.156 e. The number of hydrogen-bond acceptors (Lipinski definition) is 3. The molecule has 118 valence electrons. The van der Waals surface area contributed by atoms with Crippen molar-refractivity contribution in [2.24, 2.45) is 21.5 Å². The Kier molecular flexibility index (Phi) is 4.62. The topological polar surface area (TPSA) is 89.6 Å². The van der Waals surface area contributed by atoms with Gasteiger partial charge in [-0.2, -0.15) is 0 Å². The predicted molar refractivity (Wildman–Crippen MR) is 97.9 cm³/mol. The van der Waals surface area contributed by atoms with Gasteiger partial charge in [-0.25, -0.2) is 15.0 Å². The fraction of sp³-hybridized carbons (Fsp3) is 0. The average molecular weight is 315 g/mol. The Bertz CT molecular complexity index is 800. The lowest BCUT2D eigenvalue weighted by molar-refractivity contribution is 1.23. The van der Waals surface area contributed by atoms with Crippen LogP contribution in [0.3, 0.4) is 0 Å². The van der Waals surface area contributed by atoms with Gasteiger partial charge < -0.3 is 11.5 Å². The second kappa shape index (κ2) is 7.19. The molecule has 0 radical (unpaired) electrons. The number of hydrogen-bond donors (Lipinski definition) is 2. The van der Waals surface area contributed by atoms with Crippen molar-refractivity contribution in [3.8, 4) is 0 Å². The number of pyridine rings is 1. The van der Waals surface area contributed by atoms with E-state index < -0.39 is 0 Å². The highest BCUT2D eigenvalue weighted by molar-refractivity contribution is 5.99. The van der Waals surface area contributed by atoms with Gasteiger partial charge in [0.15, 0.2) is 11.6 Å². The number of aliphatic imine (C=N–C) groups is 2. The number of nitrogens with two attached hydrogens (primary N) is 2. The molecule has 0 fully saturated rings. The summed E-state index contributed by atoms with van der Waals surface area (Å²) in [7, 11) is 0. The van der Waals surface area contributed by atoms with Crippen LogP contribution in [0.2, 0.25) is 0 Å². The minimum absolute atomic E-state index is 0.403. The van der Waals surface area contributed by atoms with Crippen molar-refractivity contribution in [3.05, 3.63) is 90.0 Å². The van der Waals surface area contributed by atoms with E-state index in [0.717, 1.165) is 11.1 Å². The van der Waals surface area contributed by atoms with Gasteiger partial charge in [-0.1, -0.05) is 66.7 Å². The van der Waals surface area contributed by atoms with Gasteiger partial charge in [0.1, 0.15) is 11.7 Å². The van der Waals surface area contributed by atoms with Gasteiger partial charge in [-0.3, -0.25) is 0 Å². The van der Waals surface area contributed by atoms with Crippen LogP contribution in [0.25, 0.3) is 0 Å². The van der Waals surface area contributed by atoms with Crippen LogP contribution in [-0.4, -0.2) is 16.7 Å². The highest BCUT2D eigenvalue weighted by Gasteiger charge is 2.02. The lowest BCUT2D eigenvalue weighted by Crippen LogP contribution is -2.13. The molecule has 0 aliphatic carbocycles. The number of nitrogens with zero attached hydrogens (tertiary/aromatic N) is 3. The molecule has 3 rings (SSSR count). The van der Waals surface area contributed by atoms with Crippen molar-refractivity contribution < 1.29 is 0 Å². The minimum atomic E-state index is 0.403. The van der Waals surface area contributed by atoms with Crippen LogP contribution in [0.1, 0.15) is 11.1 Å². The van der Waals surface area contributed by atoms with E-state index >= 15 is 0 Å². The van der Waals surface area contributed by atoms with Crippen molar-refractivity contribution in [3.63, 3.8) is 0 Å². The summed E-state index contributed by atoms with van der Waals surface area (Å²) < 4.78 is 0. The van der Waals surface area contributed by atoms with Crippen LogP contribution < -0.4 is 11.5 Å². The normalized spacial score (nSPS) is 12.2. The Morgan fingerprint density at radius 2 is 1.00 bits per heavy atom. The van der Waals surface area contributed by atoms with E-state index in [4.69, 9.17) is 11.5 Å². The van der Waals surface area contributed by atoms with Crippen LogP contribution in [0.5, 0.6) is 0 Å². The number of benzene rings is 2. The van der Waals surface area contributed by atoms with Gasteiger partial charge in [-0.05, 0) is 12.1 Å². The fourth-order valence-electron chi connectivity index (χ4n) is 2.13. The van der Waals surface area contributed by atoms with Gasteiger partial charge >= 0.3 is 0 Å². The third-order valence-electron chi connectivity index (χ3n) is 3.33. The van der Waals surface area contributed by atoms with Crippen LogP contribution in [0.4, 0.5) is 11.6 Å². The molecule has 3 aromatic rings. The van der Waals surface area contributed by atoms with Crippen LogP contribution in [-0.2, 0) is 0 Å². The molecule has 0 atom stereocenters. The van der Waals surface area contributed by atoms with Gasteiger partial charge in [-0.15, -0.1) is 0 Å². The molecule has 0 aliphatic heterocycles. The molecular formula is C19H17N5. The van der Waals surface area contributed by atoms with Crippen molar-refractivity contribution in [1.29, 1.82) is 0 Å². The zero-order valence-corrected chi connectivity index (χ0v) is 13.0. The molecule has 0 unspecified atom stereocenters. The lowest BCUT2D eigenvalue weighted by atomic mass is 10.2. The zero-order chi connectivity index (χ0) is 16.8. The zero-order valence-electron chi connectivity index (χ0n) is 13.0. The standard InChI is InChI=1S/C19H17N5/c20-18(14-8-3-1-4-9-14)23-16-12-7-13-17(22-16)24-19(21)15-10-5-2-6-11-15/h1-13H,(H4,20,21,22,23,24). The number of aromatic nitrogens is 1. The molecule has 1 aromatic heterocycles. The molecule has 0 bridgehead atoms. The van der Waals surface area contributed by atoms with E-state index in [-0.39, 0.29) is 0 Å².